The molecule has 3 aromatic carbocycles. The van der Waals surface area contributed by atoms with Crippen molar-refractivity contribution in [3.05, 3.63) is 94.5 Å². The van der Waals surface area contributed by atoms with E-state index in [0.717, 1.165) is 28.0 Å². The zero-order chi connectivity index (χ0) is 24.7. The van der Waals surface area contributed by atoms with Gasteiger partial charge in [-0.05, 0) is 91.6 Å². The third-order valence-electron chi connectivity index (χ3n) is 5.29. The molecule has 1 N–H and O–H groups in total. The van der Waals surface area contributed by atoms with Gasteiger partial charge in [-0.1, -0.05) is 18.2 Å². The van der Waals surface area contributed by atoms with Crippen molar-refractivity contribution in [1.29, 1.82) is 0 Å². The largest absolute Gasteiger partial charge is 0.494 e. The molecule has 0 aromatic heterocycles. The van der Waals surface area contributed by atoms with E-state index < -0.39 is 10.0 Å². The molecule has 178 valence electrons. The van der Waals surface area contributed by atoms with E-state index in [1.807, 2.05) is 57.2 Å². The Hall–Kier alpha value is -3.65. The molecule has 0 spiro atoms. The minimum Gasteiger partial charge on any atom is -0.494 e. The highest BCUT2D eigenvalue weighted by Crippen LogP contribution is 2.23. The fourth-order valence-electron chi connectivity index (χ4n) is 3.25. The van der Waals surface area contributed by atoms with Gasteiger partial charge in [0.15, 0.2) is 0 Å². The molecule has 7 nitrogen and oxygen atoms in total. The molecule has 0 bridgehead atoms. The van der Waals surface area contributed by atoms with Crippen LogP contribution in [0.5, 0.6) is 5.75 Å². The summed E-state index contributed by atoms with van der Waals surface area (Å²) in [7, 11) is -3.49. The molecule has 0 aliphatic rings. The molecule has 3 rings (SSSR count). The lowest BCUT2D eigenvalue weighted by Crippen LogP contribution is -2.29. The maximum atomic E-state index is 12.4. The van der Waals surface area contributed by atoms with Gasteiger partial charge in [0.2, 0.25) is 10.0 Å². The van der Waals surface area contributed by atoms with Gasteiger partial charge in [0, 0.05) is 5.56 Å². The molecule has 0 fully saturated rings. The molecule has 0 aliphatic carbocycles. The zero-order valence-corrected chi connectivity index (χ0v) is 20.6. The van der Waals surface area contributed by atoms with Crippen LogP contribution in [0, 0.1) is 13.8 Å². The smallest absolute Gasteiger partial charge is 0.271 e. The number of sulfonamides is 1. The predicted molar refractivity (Wildman–Crippen MR) is 136 cm³/mol. The number of hydrogen-bond donors (Lipinski definition) is 1. The summed E-state index contributed by atoms with van der Waals surface area (Å²) in [6.45, 7) is 6.62. The maximum absolute atomic E-state index is 12.4. The molecule has 0 aliphatic heterocycles. The number of ether oxygens (including phenoxy) is 1. The number of benzene rings is 3. The topological polar surface area (TPSA) is 88.1 Å². The van der Waals surface area contributed by atoms with E-state index in [9.17, 15) is 13.2 Å². The molecular formula is C26H29N3O4S. The molecule has 1 amide bonds. The number of amides is 1. The quantitative estimate of drug-likeness (QED) is 0.363. The van der Waals surface area contributed by atoms with E-state index in [4.69, 9.17) is 4.74 Å². The Morgan fingerprint density at radius 3 is 2.26 bits per heavy atom. The minimum atomic E-state index is -3.49. The molecule has 8 heteroatoms. The summed E-state index contributed by atoms with van der Waals surface area (Å²) in [4.78, 5) is 12.4. The van der Waals surface area contributed by atoms with Crippen LogP contribution in [0.15, 0.2) is 71.8 Å². The van der Waals surface area contributed by atoms with Crippen molar-refractivity contribution in [1.82, 2.24) is 5.43 Å². The normalized spacial score (nSPS) is 11.4. The standard InChI is InChI=1S/C26H29N3O4S/c1-5-33-25-14-9-21(10-15-25)17-27-28-26(30)23-11-7-22(8-12-23)18-29(34(4,31)32)24-13-6-19(2)20(3)16-24/h6-17H,5,18H2,1-4H3,(H,28,30)/b27-17-. The van der Waals surface area contributed by atoms with E-state index >= 15 is 0 Å². The van der Waals surface area contributed by atoms with E-state index in [-0.39, 0.29) is 12.5 Å². The molecule has 34 heavy (non-hydrogen) atoms. The Kier molecular flexibility index (Phi) is 8.07. The summed E-state index contributed by atoms with van der Waals surface area (Å²) in [5, 5.41) is 4.00. The summed E-state index contributed by atoms with van der Waals surface area (Å²) in [6, 6.07) is 19.7. The number of carbonyl (C=O) groups excluding carboxylic acids is 1. The van der Waals surface area contributed by atoms with Gasteiger partial charge in [-0.15, -0.1) is 0 Å². The Morgan fingerprint density at radius 1 is 1.00 bits per heavy atom. The molecule has 0 heterocycles. The van der Waals surface area contributed by atoms with Crippen LogP contribution in [0.25, 0.3) is 0 Å². The molecule has 0 saturated heterocycles. The number of carbonyl (C=O) groups is 1. The number of hydrogen-bond acceptors (Lipinski definition) is 5. The fourth-order valence-corrected chi connectivity index (χ4v) is 4.13. The van der Waals surface area contributed by atoms with Crippen LogP contribution in [0.1, 0.15) is 39.5 Å². The fraction of sp³-hybridized carbons (Fsp3) is 0.231. The number of nitrogens with one attached hydrogen (secondary N) is 1. The first-order chi connectivity index (χ1) is 16.2. The van der Waals surface area contributed by atoms with Crippen molar-refractivity contribution >= 4 is 27.8 Å². The maximum Gasteiger partial charge on any atom is 0.271 e. The second kappa shape index (κ2) is 11.0. The van der Waals surface area contributed by atoms with Crippen molar-refractivity contribution < 1.29 is 17.9 Å². The lowest BCUT2D eigenvalue weighted by atomic mass is 10.1. The minimum absolute atomic E-state index is 0.166. The number of hydrazone groups is 1. The summed E-state index contributed by atoms with van der Waals surface area (Å²) < 4.78 is 31.6. The SMILES string of the molecule is CCOc1ccc(/C=N\NC(=O)c2ccc(CN(c3ccc(C)c(C)c3)S(C)(=O)=O)cc2)cc1. The van der Waals surface area contributed by atoms with Crippen LogP contribution < -0.4 is 14.5 Å². The first kappa shape index (κ1) is 25.0. The first-order valence-corrected chi connectivity index (χ1v) is 12.7. The van der Waals surface area contributed by atoms with E-state index in [1.165, 1.54) is 10.6 Å². The van der Waals surface area contributed by atoms with E-state index in [1.54, 1.807) is 36.5 Å². The van der Waals surface area contributed by atoms with Crippen molar-refractivity contribution in [2.75, 3.05) is 17.2 Å². The average Bonchev–Trinajstić information content (AvgIpc) is 2.80. The molecule has 0 saturated carbocycles. The van der Waals surface area contributed by atoms with Gasteiger partial charge in [0.25, 0.3) is 5.91 Å². The number of anilines is 1. The highest BCUT2D eigenvalue weighted by atomic mass is 32.2. The van der Waals surface area contributed by atoms with Gasteiger partial charge in [-0.2, -0.15) is 5.10 Å². The van der Waals surface area contributed by atoms with Gasteiger partial charge in [-0.25, -0.2) is 13.8 Å². The highest BCUT2D eigenvalue weighted by molar-refractivity contribution is 7.92. The molecular weight excluding hydrogens is 450 g/mol. The van der Waals surface area contributed by atoms with Crippen LogP contribution in [-0.2, 0) is 16.6 Å². The molecule has 0 unspecified atom stereocenters. The number of rotatable bonds is 9. The van der Waals surface area contributed by atoms with Gasteiger partial charge >= 0.3 is 0 Å². The van der Waals surface area contributed by atoms with Crippen molar-refractivity contribution in [3.63, 3.8) is 0 Å². The lowest BCUT2D eigenvalue weighted by molar-refractivity contribution is 0.0955. The Labute approximate surface area is 201 Å². The van der Waals surface area contributed by atoms with Gasteiger partial charge in [0.1, 0.15) is 5.75 Å². The third kappa shape index (κ3) is 6.68. The third-order valence-corrected chi connectivity index (χ3v) is 6.43. The lowest BCUT2D eigenvalue weighted by Gasteiger charge is -2.23. The van der Waals surface area contributed by atoms with Crippen molar-refractivity contribution in [2.24, 2.45) is 5.10 Å². The predicted octanol–water partition coefficient (Wildman–Crippen LogP) is 4.43. The Morgan fingerprint density at radius 2 is 1.68 bits per heavy atom. The van der Waals surface area contributed by atoms with Crippen LogP contribution in [0.4, 0.5) is 5.69 Å². The van der Waals surface area contributed by atoms with Gasteiger partial charge < -0.3 is 4.74 Å². The Balaban J connectivity index is 1.65. The number of aryl methyl sites for hydroxylation is 2. The zero-order valence-electron chi connectivity index (χ0n) is 19.8. The first-order valence-electron chi connectivity index (χ1n) is 10.9. The van der Waals surface area contributed by atoms with Gasteiger partial charge in [-0.3, -0.25) is 9.10 Å². The van der Waals surface area contributed by atoms with Crippen LogP contribution >= 0.6 is 0 Å². The molecule has 3 aromatic rings. The summed E-state index contributed by atoms with van der Waals surface area (Å²) >= 11 is 0. The van der Waals surface area contributed by atoms with Crippen LogP contribution in [-0.4, -0.2) is 33.4 Å². The summed E-state index contributed by atoms with van der Waals surface area (Å²) in [5.74, 6) is 0.415. The second-order valence-corrected chi connectivity index (χ2v) is 9.84. The van der Waals surface area contributed by atoms with Crippen LogP contribution in [0.3, 0.4) is 0 Å². The number of nitrogens with zero attached hydrogens (tertiary/aromatic N) is 2. The van der Waals surface area contributed by atoms with E-state index in [2.05, 4.69) is 10.5 Å². The van der Waals surface area contributed by atoms with Crippen molar-refractivity contribution in [3.8, 4) is 5.75 Å². The Bertz CT molecular complexity index is 1270. The molecule has 0 atom stereocenters. The van der Waals surface area contributed by atoms with Gasteiger partial charge in [0.05, 0.1) is 31.3 Å². The second-order valence-electron chi connectivity index (χ2n) is 7.94. The summed E-state index contributed by atoms with van der Waals surface area (Å²) in [6.07, 6.45) is 2.74. The average molecular weight is 480 g/mol. The van der Waals surface area contributed by atoms with E-state index in [0.29, 0.717) is 17.9 Å². The molecule has 0 radical (unpaired) electrons. The van der Waals surface area contributed by atoms with Crippen molar-refractivity contribution in [2.45, 2.75) is 27.3 Å². The highest BCUT2D eigenvalue weighted by Gasteiger charge is 2.18. The monoisotopic (exact) mass is 479 g/mol. The van der Waals surface area contributed by atoms with Crippen LogP contribution in [0.2, 0.25) is 0 Å². The summed E-state index contributed by atoms with van der Waals surface area (Å²) in [5.41, 5.74) is 7.23.